The van der Waals surface area contributed by atoms with Gasteiger partial charge in [0.1, 0.15) is 30.3 Å². The molecule has 0 saturated carbocycles. The molecule has 43 heavy (non-hydrogen) atoms. The Labute approximate surface area is 249 Å². The lowest BCUT2D eigenvalue weighted by atomic mass is 10.1. The average Bonchev–Trinajstić information content (AvgIpc) is 3.05. The molecule has 1 aliphatic heterocycles. The fraction of sp³-hybridized carbons (Fsp3) is 0.242. The number of ether oxygens (including phenoxy) is 4. The van der Waals surface area contributed by atoms with Crippen molar-refractivity contribution in [3.8, 4) is 23.0 Å². The molecule has 1 fully saturated rings. The number of piperazine rings is 1. The summed E-state index contributed by atoms with van der Waals surface area (Å²) in [5.41, 5.74) is 1.54. The molecule has 10 heteroatoms. The number of hydrogen-bond donors (Lipinski definition) is 0. The second-order valence-electron chi connectivity index (χ2n) is 10.1. The number of nitrogens with zero attached hydrogens (tertiary/aromatic N) is 5. The molecule has 1 aliphatic rings. The third kappa shape index (κ3) is 6.15. The molecular formula is C33H33N5O5. The Hall–Kier alpha value is -4.93. The smallest absolute Gasteiger partial charge is 0.228 e. The van der Waals surface area contributed by atoms with E-state index >= 15 is 0 Å². The van der Waals surface area contributed by atoms with E-state index in [-0.39, 0.29) is 0 Å². The number of rotatable bonds is 11. The summed E-state index contributed by atoms with van der Waals surface area (Å²) in [4.78, 5) is 23.5. The van der Waals surface area contributed by atoms with Crippen LogP contribution < -0.4 is 24.1 Å². The van der Waals surface area contributed by atoms with Crippen LogP contribution in [-0.4, -0.2) is 75.0 Å². The predicted molar refractivity (Wildman–Crippen MR) is 166 cm³/mol. The van der Waals surface area contributed by atoms with Crippen molar-refractivity contribution in [1.82, 2.24) is 15.0 Å². The molecule has 6 rings (SSSR count). The molecule has 1 saturated heterocycles. The standard InChI is InChI=1S/C33H33N5O5/c1-40-17-18-42-32-21-30-29(20-31(32)41-2)33(35-22-34-30)36-13-15-37(16-14-36)38(23-39)26-8-11-27(12-9-26)43-28-10-7-24-5-3-4-6-25(24)19-28/h3-12,19-23H,13-18H2,1-2H3. The summed E-state index contributed by atoms with van der Waals surface area (Å²) in [6.45, 7) is 3.50. The van der Waals surface area contributed by atoms with Crippen molar-refractivity contribution in [2.24, 2.45) is 0 Å². The first-order chi connectivity index (χ1) is 21.2. The van der Waals surface area contributed by atoms with E-state index in [4.69, 9.17) is 18.9 Å². The Kier molecular flexibility index (Phi) is 8.48. The van der Waals surface area contributed by atoms with Crippen molar-refractivity contribution in [1.29, 1.82) is 0 Å². The molecule has 0 radical (unpaired) electrons. The van der Waals surface area contributed by atoms with E-state index in [0.717, 1.165) is 45.3 Å². The number of aromatic nitrogens is 2. The summed E-state index contributed by atoms with van der Waals surface area (Å²) >= 11 is 0. The van der Waals surface area contributed by atoms with Crippen molar-refractivity contribution in [2.75, 3.05) is 63.5 Å². The maximum absolute atomic E-state index is 12.2. The number of carbonyl (C=O) groups excluding carboxylic acids is 1. The van der Waals surface area contributed by atoms with E-state index in [2.05, 4.69) is 27.0 Å². The SMILES string of the molecule is COCCOc1cc2ncnc(N3CCN(N(C=O)c4ccc(Oc5ccc6ccccc6c5)cc4)CC3)c2cc1OC. The first-order valence-electron chi connectivity index (χ1n) is 14.1. The highest BCUT2D eigenvalue weighted by molar-refractivity contribution is 5.92. The molecule has 10 nitrogen and oxygen atoms in total. The summed E-state index contributed by atoms with van der Waals surface area (Å²) in [7, 11) is 3.25. The van der Waals surface area contributed by atoms with Crippen molar-refractivity contribution in [3.63, 3.8) is 0 Å². The molecule has 1 amide bonds. The van der Waals surface area contributed by atoms with Crippen LogP contribution in [0, 0.1) is 0 Å². The van der Waals surface area contributed by atoms with Crippen molar-refractivity contribution < 1.29 is 23.7 Å². The molecule has 1 aromatic heterocycles. The molecule has 0 N–H and O–H groups in total. The number of hydrogen-bond acceptors (Lipinski definition) is 9. The van der Waals surface area contributed by atoms with E-state index in [1.54, 1.807) is 25.6 Å². The summed E-state index contributed by atoms with van der Waals surface area (Å²) in [6.07, 6.45) is 2.42. The van der Waals surface area contributed by atoms with Gasteiger partial charge in [0.05, 0.1) is 24.9 Å². The molecule has 0 unspecified atom stereocenters. The van der Waals surface area contributed by atoms with Crippen molar-refractivity contribution in [2.45, 2.75) is 0 Å². The maximum Gasteiger partial charge on any atom is 0.228 e. The number of fused-ring (bicyclic) bond motifs is 2. The van der Waals surface area contributed by atoms with Gasteiger partial charge >= 0.3 is 0 Å². The van der Waals surface area contributed by atoms with Crippen LogP contribution in [0.1, 0.15) is 0 Å². The van der Waals surface area contributed by atoms with Gasteiger partial charge in [-0.05, 0) is 53.2 Å². The lowest BCUT2D eigenvalue weighted by molar-refractivity contribution is -0.110. The van der Waals surface area contributed by atoms with Gasteiger partial charge in [0, 0.05) is 44.7 Å². The Bertz CT molecular complexity index is 1710. The Balaban J connectivity index is 1.12. The fourth-order valence-electron chi connectivity index (χ4n) is 5.26. The largest absolute Gasteiger partial charge is 0.493 e. The summed E-state index contributed by atoms with van der Waals surface area (Å²) in [5.74, 6) is 3.50. The minimum Gasteiger partial charge on any atom is -0.493 e. The van der Waals surface area contributed by atoms with Gasteiger partial charge in [-0.2, -0.15) is 0 Å². The second kappa shape index (κ2) is 12.9. The van der Waals surface area contributed by atoms with E-state index < -0.39 is 0 Å². The summed E-state index contributed by atoms with van der Waals surface area (Å²) < 4.78 is 22.6. The van der Waals surface area contributed by atoms with Crippen LogP contribution in [0.25, 0.3) is 21.7 Å². The van der Waals surface area contributed by atoms with Gasteiger partial charge < -0.3 is 23.8 Å². The first-order valence-corrected chi connectivity index (χ1v) is 14.1. The highest BCUT2D eigenvalue weighted by atomic mass is 16.5. The molecule has 0 atom stereocenters. The number of carbonyl (C=O) groups is 1. The number of anilines is 2. The summed E-state index contributed by atoms with van der Waals surface area (Å²) in [6, 6.07) is 25.5. The van der Waals surface area contributed by atoms with Gasteiger partial charge in [-0.3, -0.25) is 4.79 Å². The zero-order valence-corrected chi connectivity index (χ0v) is 24.2. The number of amides is 1. The van der Waals surface area contributed by atoms with E-state index in [1.165, 1.54) is 0 Å². The van der Waals surface area contributed by atoms with Crippen LogP contribution in [0.15, 0.2) is 85.2 Å². The molecule has 220 valence electrons. The second-order valence-corrected chi connectivity index (χ2v) is 10.1. The number of hydrazine groups is 1. The molecule has 5 aromatic rings. The molecule has 4 aromatic carbocycles. The number of methoxy groups -OCH3 is 2. The van der Waals surface area contributed by atoms with Crippen LogP contribution >= 0.6 is 0 Å². The van der Waals surface area contributed by atoms with Crippen molar-refractivity contribution >= 4 is 39.6 Å². The van der Waals surface area contributed by atoms with E-state index in [9.17, 15) is 4.79 Å². The van der Waals surface area contributed by atoms with Crippen LogP contribution in [0.2, 0.25) is 0 Å². The quantitative estimate of drug-likeness (QED) is 0.153. The molecule has 0 aliphatic carbocycles. The van der Waals surface area contributed by atoms with E-state index in [1.807, 2.05) is 71.7 Å². The van der Waals surface area contributed by atoms with E-state index in [0.29, 0.717) is 56.6 Å². The minimum atomic E-state index is 0.408. The Morgan fingerprint density at radius 1 is 0.814 bits per heavy atom. The zero-order valence-electron chi connectivity index (χ0n) is 24.2. The highest BCUT2D eigenvalue weighted by Crippen LogP contribution is 2.35. The van der Waals surface area contributed by atoms with Gasteiger partial charge in [-0.1, -0.05) is 30.3 Å². The highest BCUT2D eigenvalue weighted by Gasteiger charge is 2.25. The third-order valence-electron chi connectivity index (χ3n) is 7.46. The lowest BCUT2D eigenvalue weighted by Crippen LogP contribution is -2.54. The zero-order chi connectivity index (χ0) is 29.6. The van der Waals surface area contributed by atoms with Gasteiger partial charge in [-0.25, -0.2) is 20.0 Å². The van der Waals surface area contributed by atoms with Gasteiger partial charge in [-0.15, -0.1) is 0 Å². The Morgan fingerprint density at radius 2 is 1.58 bits per heavy atom. The number of benzene rings is 4. The minimum absolute atomic E-state index is 0.408. The van der Waals surface area contributed by atoms with Crippen LogP contribution in [0.3, 0.4) is 0 Å². The first kappa shape index (κ1) is 28.2. The van der Waals surface area contributed by atoms with Gasteiger partial charge in [0.15, 0.2) is 11.5 Å². The average molecular weight is 580 g/mol. The molecular weight excluding hydrogens is 546 g/mol. The monoisotopic (exact) mass is 579 g/mol. The van der Waals surface area contributed by atoms with Crippen molar-refractivity contribution in [3.05, 3.63) is 85.2 Å². The van der Waals surface area contributed by atoms with Crippen LogP contribution in [0.5, 0.6) is 23.0 Å². The predicted octanol–water partition coefficient (Wildman–Crippen LogP) is 5.31. The van der Waals surface area contributed by atoms with Crippen LogP contribution in [-0.2, 0) is 9.53 Å². The Morgan fingerprint density at radius 3 is 2.33 bits per heavy atom. The fourth-order valence-corrected chi connectivity index (χ4v) is 5.26. The van der Waals surface area contributed by atoms with Gasteiger partial charge in [0.2, 0.25) is 6.41 Å². The molecule has 2 heterocycles. The normalized spacial score (nSPS) is 13.7. The summed E-state index contributed by atoms with van der Waals surface area (Å²) in [5, 5.41) is 6.85. The molecule has 0 spiro atoms. The van der Waals surface area contributed by atoms with Gasteiger partial charge in [0.25, 0.3) is 0 Å². The van der Waals surface area contributed by atoms with Crippen LogP contribution in [0.4, 0.5) is 11.5 Å². The third-order valence-corrected chi connectivity index (χ3v) is 7.46. The topological polar surface area (TPSA) is 89.5 Å². The maximum atomic E-state index is 12.2. The molecule has 0 bridgehead atoms. The lowest BCUT2D eigenvalue weighted by Gasteiger charge is -2.40.